The zero-order chi connectivity index (χ0) is 15.0. The second kappa shape index (κ2) is 5.03. The zero-order valence-electron chi connectivity index (χ0n) is 12.9. The molecule has 3 rings (SSSR count). The van der Waals surface area contributed by atoms with Crippen LogP contribution in [0.1, 0.15) is 40.9 Å². The molecule has 1 amide bonds. The quantitative estimate of drug-likeness (QED) is 0.773. The Morgan fingerprint density at radius 1 is 1.00 bits per heavy atom. The van der Waals surface area contributed by atoms with Crippen molar-refractivity contribution in [1.29, 1.82) is 0 Å². The molecule has 0 fully saturated rings. The maximum atomic E-state index is 12.9. The first kappa shape index (κ1) is 13.9. The van der Waals surface area contributed by atoms with Crippen LogP contribution in [0.3, 0.4) is 0 Å². The van der Waals surface area contributed by atoms with E-state index in [1.54, 1.807) is 0 Å². The third-order valence-corrected chi connectivity index (χ3v) is 4.34. The van der Waals surface area contributed by atoms with Crippen LogP contribution in [0.15, 0.2) is 48.5 Å². The molecule has 0 saturated heterocycles. The van der Waals surface area contributed by atoms with Gasteiger partial charge in [-0.25, -0.2) is 0 Å². The van der Waals surface area contributed by atoms with Crippen LogP contribution in [0, 0.1) is 6.92 Å². The van der Waals surface area contributed by atoms with Gasteiger partial charge in [0.05, 0.1) is 0 Å². The topological polar surface area (TPSA) is 20.3 Å². The molecule has 0 atom stereocenters. The predicted octanol–water partition coefficient (Wildman–Crippen LogP) is 3.97. The van der Waals surface area contributed by atoms with Crippen LogP contribution in [0.4, 0.5) is 0 Å². The Balaban J connectivity index is 1.94. The molecule has 0 N–H and O–H groups in total. The van der Waals surface area contributed by atoms with Gasteiger partial charge in [0.15, 0.2) is 0 Å². The normalized spacial score (nSPS) is 16.4. The SMILES string of the molecule is Cc1ccc(C(=O)N2Cc3ccccc3CC2(C)C)cc1. The summed E-state index contributed by atoms with van der Waals surface area (Å²) in [6, 6.07) is 16.3. The Morgan fingerprint density at radius 3 is 2.29 bits per heavy atom. The number of hydrogen-bond acceptors (Lipinski definition) is 1. The number of carbonyl (C=O) groups is 1. The van der Waals surface area contributed by atoms with Gasteiger partial charge in [0.2, 0.25) is 0 Å². The molecule has 1 aliphatic heterocycles. The fraction of sp³-hybridized carbons (Fsp3) is 0.316. The molecule has 21 heavy (non-hydrogen) atoms. The summed E-state index contributed by atoms with van der Waals surface area (Å²) in [7, 11) is 0. The summed E-state index contributed by atoms with van der Waals surface area (Å²) in [5.41, 5.74) is 4.41. The number of nitrogens with zero attached hydrogens (tertiary/aromatic N) is 1. The molecular weight excluding hydrogens is 258 g/mol. The summed E-state index contributed by atoms with van der Waals surface area (Å²) in [4.78, 5) is 14.9. The molecule has 0 aliphatic carbocycles. The van der Waals surface area contributed by atoms with E-state index in [4.69, 9.17) is 0 Å². The molecule has 0 bridgehead atoms. The summed E-state index contributed by atoms with van der Waals surface area (Å²) >= 11 is 0. The Labute approximate surface area is 126 Å². The molecule has 0 unspecified atom stereocenters. The van der Waals surface area contributed by atoms with Crippen molar-refractivity contribution in [2.75, 3.05) is 0 Å². The van der Waals surface area contributed by atoms with Crippen molar-refractivity contribution in [3.63, 3.8) is 0 Å². The van der Waals surface area contributed by atoms with Gasteiger partial charge in [-0.3, -0.25) is 4.79 Å². The number of aryl methyl sites for hydroxylation is 1. The second-order valence-corrected chi connectivity index (χ2v) is 6.52. The predicted molar refractivity (Wildman–Crippen MR) is 85.3 cm³/mol. The fourth-order valence-corrected chi connectivity index (χ4v) is 3.03. The summed E-state index contributed by atoms with van der Waals surface area (Å²) in [6.45, 7) is 7.02. The minimum atomic E-state index is -0.156. The molecule has 1 aliphatic rings. The van der Waals surface area contributed by atoms with E-state index >= 15 is 0 Å². The van der Waals surface area contributed by atoms with Gasteiger partial charge in [-0.05, 0) is 50.5 Å². The van der Waals surface area contributed by atoms with Crippen LogP contribution < -0.4 is 0 Å². The molecule has 2 nitrogen and oxygen atoms in total. The Bertz CT molecular complexity index is 670. The first-order valence-corrected chi connectivity index (χ1v) is 7.43. The van der Waals surface area contributed by atoms with Crippen LogP contribution in [0.5, 0.6) is 0 Å². The highest BCUT2D eigenvalue weighted by atomic mass is 16.2. The van der Waals surface area contributed by atoms with Gasteiger partial charge in [-0.2, -0.15) is 0 Å². The molecule has 0 radical (unpaired) electrons. The molecular formula is C19H21NO. The minimum absolute atomic E-state index is 0.120. The summed E-state index contributed by atoms with van der Waals surface area (Å²) < 4.78 is 0. The first-order chi connectivity index (χ1) is 9.97. The standard InChI is InChI=1S/C19H21NO/c1-14-8-10-15(11-9-14)18(21)20-13-17-7-5-4-6-16(17)12-19(20,2)3/h4-11H,12-13H2,1-3H3. The van der Waals surface area contributed by atoms with Crippen molar-refractivity contribution >= 4 is 5.91 Å². The van der Waals surface area contributed by atoms with Gasteiger partial charge >= 0.3 is 0 Å². The van der Waals surface area contributed by atoms with E-state index in [9.17, 15) is 4.79 Å². The lowest BCUT2D eigenvalue weighted by Gasteiger charge is -2.43. The van der Waals surface area contributed by atoms with E-state index in [0.717, 1.165) is 12.0 Å². The van der Waals surface area contributed by atoms with Crippen LogP contribution in [-0.2, 0) is 13.0 Å². The fourth-order valence-electron chi connectivity index (χ4n) is 3.03. The number of carbonyl (C=O) groups excluding carboxylic acids is 1. The monoisotopic (exact) mass is 279 g/mol. The van der Waals surface area contributed by atoms with E-state index in [-0.39, 0.29) is 11.4 Å². The van der Waals surface area contributed by atoms with Gasteiger partial charge in [-0.1, -0.05) is 42.0 Å². The molecule has 0 saturated carbocycles. The van der Waals surface area contributed by atoms with Gasteiger partial charge in [0, 0.05) is 17.6 Å². The van der Waals surface area contributed by atoms with E-state index in [1.165, 1.54) is 16.7 Å². The van der Waals surface area contributed by atoms with Gasteiger partial charge in [0.25, 0.3) is 5.91 Å². The van der Waals surface area contributed by atoms with Crippen LogP contribution in [0.25, 0.3) is 0 Å². The second-order valence-electron chi connectivity index (χ2n) is 6.52. The largest absolute Gasteiger partial charge is 0.329 e. The average Bonchev–Trinajstić information content (AvgIpc) is 2.45. The van der Waals surface area contributed by atoms with Crippen molar-refractivity contribution < 1.29 is 4.79 Å². The number of hydrogen-bond donors (Lipinski definition) is 0. The molecule has 108 valence electrons. The minimum Gasteiger partial charge on any atom is -0.329 e. The van der Waals surface area contributed by atoms with Crippen molar-refractivity contribution in [3.8, 4) is 0 Å². The van der Waals surface area contributed by atoms with Crippen LogP contribution >= 0.6 is 0 Å². The number of rotatable bonds is 1. The lowest BCUT2D eigenvalue weighted by molar-refractivity contribution is 0.0488. The van der Waals surface area contributed by atoms with Crippen LogP contribution in [-0.4, -0.2) is 16.3 Å². The highest BCUT2D eigenvalue weighted by molar-refractivity contribution is 5.95. The Kier molecular flexibility index (Phi) is 3.32. The number of fused-ring (bicyclic) bond motifs is 1. The van der Waals surface area contributed by atoms with E-state index in [0.29, 0.717) is 6.54 Å². The summed E-state index contributed by atoms with van der Waals surface area (Å²) in [5, 5.41) is 0. The lowest BCUT2D eigenvalue weighted by Crippen LogP contribution is -2.51. The molecule has 0 spiro atoms. The van der Waals surface area contributed by atoms with Gasteiger partial charge in [0.1, 0.15) is 0 Å². The molecule has 2 aromatic rings. The Hall–Kier alpha value is -2.09. The van der Waals surface area contributed by atoms with E-state index in [1.807, 2.05) is 42.2 Å². The summed E-state index contributed by atoms with van der Waals surface area (Å²) in [6.07, 6.45) is 0.904. The highest BCUT2D eigenvalue weighted by Crippen LogP contribution is 2.31. The smallest absolute Gasteiger partial charge is 0.254 e. The third kappa shape index (κ3) is 2.58. The van der Waals surface area contributed by atoms with Gasteiger partial charge in [-0.15, -0.1) is 0 Å². The molecule has 2 aromatic carbocycles. The van der Waals surface area contributed by atoms with Crippen molar-refractivity contribution in [3.05, 3.63) is 70.8 Å². The van der Waals surface area contributed by atoms with Crippen LogP contribution in [0.2, 0.25) is 0 Å². The number of amides is 1. The molecule has 0 aromatic heterocycles. The summed E-state index contributed by atoms with van der Waals surface area (Å²) in [5.74, 6) is 0.120. The van der Waals surface area contributed by atoms with E-state index < -0.39 is 0 Å². The maximum absolute atomic E-state index is 12.9. The third-order valence-electron chi connectivity index (χ3n) is 4.34. The van der Waals surface area contributed by atoms with Gasteiger partial charge < -0.3 is 4.90 Å². The lowest BCUT2D eigenvalue weighted by atomic mass is 9.85. The van der Waals surface area contributed by atoms with E-state index in [2.05, 4.69) is 32.0 Å². The number of benzene rings is 2. The first-order valence-electron chi connectivity index (χ1n) is 7.43. The molecule has 2 heteroatoms. The zero-order valence-corrected chi connectivity index (χ0v) is 12.9. The highest BCUT2D eigenvalue weighted by Gasteiger charge is 2.36. The maximum Gasteiger partial charge on any atom is 0.254 e. The van der Waals surface area contributed by atoms with Crippen molar-refractivity contribution in [1.82, 2.24) is 4.90 Å². The average molecular weight is 279 g/mol. The van der Waals surface area contributed by atoms with Crippen molar-refractivity contribution in [2.45, 2.75) is 39.3 Å². The Morgan fingerprint density at radius 2 is 1.62 bits per heavy atom. The van der Waals surface area contributed by atoms with Crippen molar-refractivity contribution in [2.24, 2.45) is 0 Å². The molecule has 1 heterocycles.